The van der Waals surface area contributed by atoms with Crippen LogP contribution in [0.15, 0.2) is 24.3 Å². The number of rotatable bonds is 4. The van der Waals surface area contributed by atoms with Gasteiger partial charge in [-0.15, -0.1) is 0 Å². The predicted octanol–water partition coefficient (Wildman–Crippen LogP) is 2.33. The van der Waals surface area contributed by atoms with Gasteiger partial charge < -0.3 is 10.0 Å². The number of hydrogen-bond donors (Lipinski definition) is 1. The van der Waals surface area contributed by atoms with Crippen LogP contribution in [0.5, 0.6) is 0 Å². The van der Waals surface area contributed by atoms with Gasteiger partial charge in [0.25, 0.3) is 0 Å². The summed E-state index contributed by atoms with van der Waals surface area (Å²) in [7, 11) is 0. The van der Waals surface area contributed by atoms with E-state index in [2.05, 4.69) is 0 Å². The van der Waals surface area contributed by atoms with Crippen molar-refractivity contribution in [3.05, 3.63) is 35.6 Å². The predicted molar refractivity (Wildman–Crippen MR) is 76.2 cm³/mol. The second-order valence-corrected chi connectivity index (χ2v) is 6.07. The zero-order valence-electron chi connectivity index (χ0n) is 12.3. The van der Waals surface area contributed by atoms with Gasteiger partial charge in [0.1, 0.15) is 5.82 Å². The number of carboxylic acid groups (broad SMARTS) is 1. The van der Waals surface area contributed by atoms with Crippen molar-refractivity contribution in [2.75, 3.05) is 13.1 Å². The van der Waals surface area contributed by atoms with Crippen LogP contribution >= 0.6 is 0 Å². The molecule has 1 aromatic rings. The Morgan fingerprint density at radius 3 is 2.67 bits per heavy atom. The minimum absolute atomic E-state index is 0.108. The molecular weight excluding hydrogens is 273 g/mol. The van der Waals surface area contributed by atoms with Crippen molar-refractivity contribution in [2.24, 2.45) is 11.3 Å². The highest BCUT2D eigenvalue weighted by atomic mass is 19.1. The molecule has 1 amide bonds. The summed E-state index contributed by atoms with van der Waals surface area (Å²) in [6.45, 7) is 4.08. The van der Waals surface area contributed by atoms with Gasteiger partial charge in [-0.2, -0.15) is 0 Å². The summed E-state index contributed by atoms with van der Waals surface area (Å²) in [6, 6.07) is 6.41. The zero-order valence-corrected chi connectivity index (χ0v) is 12.3. The van der Waals surface area contributed by atoms with Crippen molar-refractivity contribution in [3.63, 3.8) is 0 Å². The molecule has 0 bridgehead atoms. The van der Waals surface area contributed by atoms with Gasteiger partial charge in [-0.3, -0.25) is 9.59 Å². The third kappa shape index (κ3) is 3.23. The Hall–Kier alpha value is -1.91. The minimum atomic E-state index is -0.875. The second-order valence-electron chi connectivity index (χ2n) is 6.07. The summed E-state index contributed by atoms with van der Waals surface area (Å²) in [5, 5.41) is 9.19. The summed E-state index contributed by atoms with van der Waals surface area (Å²) < 4.78 is 13.6. The average Bonchev–Trinajstić information content (AvgIpc) is 2.84. The summed E-state index contributed by atoms with van der Waals surface area (Å²) >= 11 is 0. The normalized spacial score (nSPS) is 23.1. The number of nitrogens with zero attached hydrogens (tertiary/aromatic N) is 1. The van der Waals surface area contributed by atoms with E-state index in [1.165, 1.54) is 6.07 Å². The quantitative estimate of drug-likeness (QED) is 0.927. The highest BCUT2D eigenvalue weighted by molar-refractivity contribution is 5.82. The van der Waals surface area contributed by atoms with Crippen molar-refractivity contribution in [1.29, 1.82) is 0 Å². The molecule has 0 aromatic heterocycles. The monoisotopic (exact) mass is 293 g/mol. The molecule has 1 aromatic carbocycles. The fourth-order valence-electron chi connectivity index (χ4n) is 2.72. The van der Waals surface area contributed by atoms with Crippen molar-refractivity contribution in [1.82, 2.24) is 4.90 Å². The molecule has 1 heterocycles. The molecule has 1 aliphatic rings. The summed E-state index contributed by atoms with van der Waals surface area (Å²) in [5.74, 6) is -1.66. The molecular formula is C16H20FNO3. The minimum Gasteiger partial charge on any atom is -0.481 e. The largest absolute Gasteiger partial charge is 0.481 e. The molecule has 2 rings (SSSR count). The molecule has 4 nitrogen and oxygen atoms in total. The Bertz CT molecular complexity index is 560. The van der Waals surface area contributed by atoms with Gasteiger partial charge in [-0.25, -0.2) is 4.39 Å². The van der Waals surface area contributed by atoms with E-state index in [1.807, 2.05) is 0 Å². The summed E-state index contributed by atoms with van der Waals surface area (Å²) in [4.78, 5) is 25.2. The first-order valence-electron chi connectivity index (χ1n) is 7.09. The van der Waals surface area contributed by atoms with Gasteiger partial charge in [0.05, 0.1) is 5.41 Å². The number of hydrogen-bond acceptors (Lipinski definition) is 2. The van der Waals surface area contributed by atoms with Gasteiger partial charge in [-0.1, -0.05) is 25.1 Å². The number of amides is 1. The van der Waals surface area contributed by atoms with Gasteiger partial charge in [0, 0.05) is 19.0 Å². The van der Waals surface area contributed by atoms with Crippen LogP contribution in [0.2, 0.25) is 0 Å². The standard InChI is InChI=1S/C16H20FNO3/c1-11(9-12-5-3-4-6-13(12)17)14(19)18-8-7-16(2,10-18)15(20)21/h3-6,11H,7-10H2,1-2H3,(H,20,21). The molecule has 114 valence electrons. The van der Waals surface area contributed by atoms with Crippen LogP contribution in [-0.2, 0) is 16.0 Å². The lowest BCUT2D eigenvalue weighted by molar-refractivity contribution is -0.147. The molecule has 2 unspecified atom stereocenters. The maximum atomic E-state index is 13.6. The third-order valence-corrected chi connectivity index (χ3v) is 4.21. The molecule has 2 atom stereocenters. The van der Waals surface area contributed by atoms with Crippen LogP contribution in [0.4, 0.5) is 4.39 Å². The van der Waals surface area contributed by atoms with E-state index in [-0.39, 0.29) is 24.2 Å². The molecule has 1 aliphatic heterocycles. The summed E-state index contributed by atoms with van der Waals surface area (Å²) in [5.41, 5.74) is -0.355. The third-order valence-electron chi connectivity index (χ3n) is 4.21. The lowest BCUT2D eigenvalue weighted by Gasteiger charge is -2.23. The molecule has 5 heteroatoms. The van der Waals surface area contributed by atoms with Gasteiger partial charge >= 0.3 is 5.97 Å². The lowest BCUT2D eigenvalue weighted by Crippen LogP contribution is -2.37. The van der Waals surface area contributed by atoms with Gasteiger partial charge in [0.15, 0.2) is 0 Å². The van der Waals surface area contributed by atoms with Gasteiger partial charge in [-0.05, 0) is 31.4 Å². The molecule has 0 aliphatic carbocycles. The van der Waals surface area contributed by atoms with Crippen LogP contribution in [0.3, 0.4) is 0 Å². The Morgan fingerprint density at radius 1 is 1.43 bits per heavy atom. The van der Waals surface area contributed by atoms with Crippen molar-refractivity contribution in [2.45, 2.75) is 26.7 Å². The topological polar surface area (TPSA) is 57.6 Å². The fraction of sp³-hybridized carbons (Fsp3) is 0.500. The number of likely N-dealkylation sites (tertiary alicyclic amines) is 1. The van der Waals surface area contributed by atoms with Crippen LogP contribution in [-0.4, -0.2) is 35.0 Å². The van der Waals surface area contributed by atoms with Crippen molar-refractivity contribution < 1.29 is 19.1 Å². The molecule has 21 heavy (non-hydrogen) atoms. The van der Waals surface area contributed by atoms with E-state index >= 15 is 0 Å². The van der Waals surface area contributed by atoms with Crippen LogP contribution in [0.1, 0.15) is 25.8 Å². The molecule has 1 fully saturated rings. The van der Waals surface area contributed by atoms with Crippen LogP contribution in [0.25, 0.3) is 0 Å². The lowest BCUT2D eigenvalue weighted by atomic mass is 9.90. The van der Waals surface area contributed by atoms with Gasteiger partial charge in [0.2, 0.25) is 5.91 Å². The fourth-order valence-corrected chi connectivity index (χ4v) is 2.72. The first kappa shape index (κ1) is 15.5. The Balaban J connectivity index is 2.01. The van der Waals surface area contributed by atoms with E-state index < -0.39 is 11.4 Å². The van der Waals surface area contributed by atoms with Crippen LogP contribution < -0.4 is 0 Å². The number of carbonyl (C=O) groups excluding carboxylic acids is 1. The highest BCUT2D eigenvalue weighted by Crippen LogP contribution is 2.31. The van der Waals surface area contributed by atoms with E-state index in [0.717, 1.165) is 0 Å². The summed E-state index contributed by atoms with van der Waals surface area (Å²) in [6.07, 6.45) is 0.784. The van der Waals surface area contributed by atoms with E-state index in [0.29, 0.717) is 24.9 Å². The Kier molecular flexibility index (Phi) is 4.30. The van der Waals surface area contributed by atoms with E-state index in [9.17, 15) is 19.1 Å². The maximum absolute atomic E-state index is 13.6. The Labute approximate surface area is 123 Å². The SMILES string of the molecule is CC(Cc1ccccc1F)C(=O)N1CCC(C)(C(=O)O)C1. The van der Waals surface area contributed by atoms with Crippen molar-refractivity contribution >= 4 is 11.9 Å². The average molecular weight is 293 g/mol. The number of benzene rings is 1. The van der Waals surface area contributed by atoms with Crippen molar-refractivity contribution in [3.8, 4) is 0 Å². The maximum Gasteiger partial charge on any atom is 0.311 e. The molecule has 1 saturated heterocycles. The first-order valence-corrected chi connectivity index (χ1v) is 7.09. The van der Waals surface area contributed by atoms with E-state index in [4.69, 9.17) is 0 Å². The van der Waals surface area contributed by atoms with E-state index in [1.54, 1.807) is 36.9 Å². The molecule has 0 saturated carbocycles. The number of halogens is 1. The molecule has 0 radical (unpaired) electrons. The number of carboxylic acids is 1. The smallest absolute Gasteiger partial charge is 0.311 e. The second kappa shape index (κ2) is 5.84. The Morgan fingerprint density at radius 2 is 2.10 bits per heavy atom. The first-order chi connectivity index (χ1) is 9.83. The highest BCUT2D eigenvalue weighted by Gasteiger charge is 2.42. The number of carbonyl (C=O) groups is 2. The van der Waals surface area contributed by atoms with Crippen LogP contribution in [0, 0.1) is 17.2 Å². The molecule has 1 N–H and O–H groups in total. The number of aliphatic carboxylic acids is 1. The zero-order chi connectivity index (χ0) is 15.6. The molecule has 0 spiro atoms.